The highest BCUT2D eigenvalue weighted by atomic mass is 32.2. The first-order valence-electron chi connectivity index (χ1n) is 7.90. The fourth-order valence-corrected chi connectivity index (χ4v) is 3.18. The van der Waals surface area contributed by atoms with Crippen molar-refractivity contribution in [3.8, 4) is 11.1 Å². The van der Waals surface area contributed by atoms with Crippen molar-refractivity contribution >= 4 is 22.5 Å². The molecule has 126 valence electrons. The van der Waals surface area contributed by atoms with E-state index in [0.717, 1.165) is 17.5 Å². The fraction of sp³-hybridized carbons (Fsp3) is 0.263. The number of hydrogen-bond acceptors (Lipinski definition) is 3. The highest BCUT2D eigenvalue weighted by Crippen LogP contribution is 2.19. The van der Waals surface area contributed by atoms with Crippen LogP contribution in [0.5, 0.6) is 0 Å². The third-order valence-electron chi connectivity index (χ3n) is 3.47. The third kappa shape index (κ3) is 5.42. The average molecular weight is 343 g/mol. The number of hydrogen-bond donors (Lipinski definition) is 1. The van der Waals surface area contributed by atoms with Gasteiger partial charge in [0, 0.05) is 22.9 Å². The zero-order chi connectivity index (χ0) is 17.4. The molecule has 1 unspecified atom stereocenters. The summed E-state index contributed by atoms with van der Waals surface area (Å²) in [5.74, 6) is -0.753. The zero-order valence-electron chi connectivity index (χ0n) is 13.7. The quantitative estimate of drug-likeness (QED) is 0.750. The second-order valence-corrected chi connectivity index (χ2v) is 6.90. The van der Waals surface area contributed by atoms with Gasteiger partial charge in [-0.3, -0.25) is 13.8 Å². The van der Waals surface area contributed by atoms with Crippen molar-refractivity contribution in [2.24, 2.45) is 0 Å². The van der Waals surface area contributed by atoms with Crippen molar-refractivity contribution in [2.45, 2.75) is 13.3 Å². The minimum atomic E-state index is -1.49. The van der Waals surface area contributed by atoms with Crippen molar-refractivity contribution in [3.05, 3.63) is 60.2 Å². The molecule has 0 aromatic heterocycles. The highest BCUT2D eigenvalue weighted by molar-refractivity contribution is 7.86. The molecule has 0 bridgehead atoms. The largest absolute Gasteiger partial charge is 0.355 e. The van der Waals surface area contributed by atoms with Crippen LogP contribution < -0.4 is 5.32 Å². The summed E-state index contributed by atoms with van der Waals surface area (Å²) in [4.78, 5) is 23.7. The minimum Gasteiger partial charge on any atom is -0.355 e. The van der Waals surface area contributed by atoms with E-state index in [0.29, 0.717) is 12.1 Å². The lowest BCUT2D eigenvalue weighted by Crippen LogP contribution is -2.30. The molecule has 24 heavy (non-hydrogen) atoms. The molecule has 1 amide bonds. The summed E-state index contributed by atoms with van der Waals surface area (Å²) < 4.78 is 11.9. The Kier molecular flexibility index (Phi) is 6.88. The van der Waals surface area contributed by atoms with E-state index in [9.17, 15) is 13.8 Å². The lowest BCUT2D eigenvalue weighted by Gasteiger charge is -2.05. The van der Waals surface area contributed by atoms with Crippen LogP contribution in [-0.2, 0) is 15.6 Å². The summed E-state index contributed by atoms with van der Waals surface area (Å²) in [5, 5.41) is 2.66. The van der Waals surface area contributed by atoms with E-state index in [1.807, 2.05) is 49.4 Å². The van der Waals surface area contributed by atoms with Crippen molar-refractivity contribution in [1.82, 2.24) is 5.32 Å². The Bertz CT molecular complexity index is 711. The Balaban J connectivity index is 1.93. The van der Waals surface area contributed by atoms with Gasteiger partial charge in [0.1, 0.15) is 5.75 Å². The summed E-state index contributed by atoms with van der Waals surface area (Å²) in [7, 11) is -1.49. The second kappa shape index (κ2) is 9.13. The number of amides is 1. The van der Waals surface area contributed by atoms with Crippen LogP contribution >= 0.6 is 0 Å². The Labute approximate surface area is 144 Å². The molecule has 0 aliphatic rings. The van der Waals surface area contributed by atoms with Gasteiger partial charge < -0.3 is 5.32 Å². The van der Waals surface area contributed by atoms with Gasteiger partial charge in [-0.25, -0.2) is 0 Å². The van der Waals surface area contributed by atoms with Crippen LogP contribution in [0, 0.1) is 0 Å². The first-order valence-corrected chi connectivity index (χ1v) is 9.39. The summed E-state index contributed by atoms with van der Waals surface area (Å²) in [6, 6.07) is 17.1. The van der Waals surface area contributed by atoms with Crippen molar-refractivity contribution in [1.29, 1.82) is 0 Å². The average Bonchev–Trinajstić information content (AvgIpc) is 2.60. The number of ketones is 1. The maximum Gasteiger partial charge on any atom is 0.232 e. The van der Waals surface area contributed by atoms with Crippen LogP contribution in [0.3, 0.4) is 0 Å². The lowest BCUT2D eigenvalue weighted by atomic mass is 10.0. The standard InChI is InChI=1S/C19H21NO3S/c1-2-12-20-19(22)14-24(23)13-18(21)17-10-8-16(9-11-17)15-6-4-3-5-7-15/h3-11H,2,12-14H2,1H3,(H,20,22). The molecule has 0 saturated heterocycles. The fourth-order valence-electron chi connectivity index (χ4n) is 2.22. The third-order valence-corrected chi connectivity index (χ3v) is 4.64. The van der Waals surface area contributed by atoms with Crippen LogP contribution in [0.4, 0.5) is 0 Å². The summed E-state index contributed by atoms with van der Waals surface area (Å²) >= 11 is 0. The molecule has 5 heteroatoms. The normalized spacial score (nSPS) is 11.7. The minimum absolute atomic E-state index is 0.131. The second-order valence-electron chi connectivity index (χ2n) is 5.45. The van der Waals surface area contributed by atoms with E-state index in [4.69, 9.17) is 0 Å². The molecule has 1 N–H and O–H groups in total. The van der Waals surface area contributed by atoms with Gasteiger partial charge in [-0.2, -0.15) is 0 Å². The zero-order valence-corrected chi connectivity index (χ0v) is 14.5. The Morgan fingerprint density at radius 2 is 1.54 bits per heavy atom. The number of Topliss-reactive ketones (excluding diaryl/α,β-unsaturated/α-hetero) is 1. The van der Waals surface area contributed by atoms with E-state index in [-0.39, 0.29) is 23.2 Å². The first-order chi connectivity index (χ1) is 11.6. The molecule has 0 fully saturated rings. The van der Waals surface area contributed by atoms with Crippen molar-refractivity contribution in [2.75, 3.05) is 18.1 Å². The van der Waals surface area contributed by atoms with E-state index in [1.165, 1.54) is 0 Å². The topological polar surface area (TPSA) is 63.2 Å². The molecule has 4 nitrogen and oxygen atoms in total. The summed E-state index contributed by atoms with van der Waals surface area (Å²) in [6.07, 6.45) is 0.824. The predicted molar refractivity (Wildman–Crippen MR) is 97.4 cm³/mol. The van der Waals surface area contributed by atoms with E-state index >= 15 is 0 Å². The molecule has 2 aromatic rings. The van der Waals surface area contributed by atoms with Crippen LogP contribution in [0.1, 0.15) is 23.7 Å². The van der Waals surface area contributed by atoms with E-state index in [2.05, 4.69) is 5.32 Å². The molecule has 0 radical (unpaired) electrons. The first kappa shape index (κ1) is 18.1. The van der Waals surface area contributed by atoms with Gasteiger partial charge in [-0.05, 0) is 17.5 Å². The van der Waals surface area contributed by atoms with Crippen LogP contribution in [0.2, 0.25) is 0 Å². The smallest absolute Gasteiger partial charge is 0.232 e. The van der Waals surface area contributed by atoms with Gasteiger partial charge in [0.2, 0.25) is 5.91 Å². The van der Waals surface area contributed by atoms with Crippen molar-refractivity contribution < 1.29 is 13.8 Å². The molecule has 0 aliphatic heterocycles. The number of carbonyl (C=O) groups excluding carboxylic acids is 2. The van der Waals surface area contributed by atoms with Gasteiger partial charge in [-0.15, -0.1) is 0 Å². The van der Waals surface area contributed by atoms with Gasteiger partial charge in [-0.1, -0.05) is 61.5 Å². The summed E-state index contributed by atoms with van der Waals surface area (Å²) in [5.41, 5.74) is 2.61. The number of carbonyl (C=O) groups is 2. The molecule has 2 aromatic carbocycles. The molecular weight excluding hydrogens is 322 g/mol. The maximum atomic E-state index is 12.2. The van der Waals surface area contributed by atoms with E-state index in [1.54, 1.807) is 12.1 Å². The van der Waals surface area contributed by atoms with Gasteiger partial charge in [0.05, 0.1) is 5.75 Å². The van der Waals surface area contributed by atoms with Crippen LogP contribution in [0.25, 0.3) is 11.1 Å². The number of rotatable bonds is 8. The number of nitrogens with one attached hydrogen (secondary N) is 1. The molecule has 0 heterocycles. The SMILES string of the molecule is CCCNC(=O)CS(=O)CC(=O)c1ccc(-c2ccccc2)cc1. The number of benzene rings is 2. The molecule has 0 aliphatic carbocycles. The van der Waals surface area contributed by atoms with Crippen molar-refractivity contribution in [3.63, 3.8) is 0 Å². The highest BCUT2D eigenvalue weighted by Gasteiger charge is 2.14. The summed E-state index contributed by atoms with van der Waals surface area (Å²) in [6.45, 7) is 2.50. The Morgan fingerprint density at radius 1 is 0.917 bits per heavy atom. The van der Waals surface area contributed by atoms with Gasteiger partial charge in [0.25, 0.3) is 0 Å². The van der Waals surface area contributed by atoms with E-state index < -0.39 is 10.8 Å². The van der Waals surface area contributed by atoms with Crippen LogP contribution in [-0.4, -0.2) is 33.9 Å². The molecule has 0 saturated carbocycles. The molecule has 2 rings (SSSR count). The van der Waals surface area contributed by atoms with Gasteiger partial charge >= 0.3 is 0 Å². The predicted octanol–water partition coefficient (Wildman–Crippen LogP) is 2.81. The van der Waals surface area contributed by atoms with Crippen LogP contribution in [0.15, 0.2) is 54.6 Å². The monoisotopic (exact) mass is 343 g/mol. The Morgan fingerprint density at radius 3 is 2.17 bits per heavy atom. The maximum absolute atomic E-state index is 12.2. The molecule has 1 atom stereocenters. The molecular formula is C19H21NO3S. The molecule has 0 spiro atoms. The lowest BCUT2D eigenvalue weighted by molar-refractivity contribution is -0.118. The Hall–Kier alpha value is -2.27. The van der Waals surface area contributed by atoms with Gasteiger partial charge in [0.15, 0.2) is 5.78 Å².